The fraction of sp³-hybridized carbons (Fsp3) is 0.562. The van der Waals surface area contributed by atoms with Crippen LogP contribution in [0.3, 0.4) is 0 Å². The largest absolute Gasteiger partial charge is 0.481 e. The van der Waals surface area contributed by atoms with E-state index in [1.807, 2.05) is 6.07 Å². The summed E-state index contributed by atoms with van der Waals surface area (Å²) in [5.41, 5.74) is 0.903. The number of benzene rings is 1. The minimum absolute atomic E-state index is 0.376. The fourth-order valence-corrected chi connectivity index (χ4v) is 3.85. The summed E-state index contributed by atoms with van der Waals surface area (Å²) in [6.07, 6.45) is 4.07. The van der Waals surface area contributed by atoms with E-state index in [0.717, 1.165) is 45.3 Å². The summed E-state index contributed by atoms with van der Waals surface area (Å²) < 4.78 is 0. The topological polar surface area (TPSA) is 40.5 Å². The number of nitrogens with zero attached hydrogens (tertiary/aromatic N) is 1. The molecule has 0 unspecified atom stereocenters. The quantitative estimate of drug-likeness (QED) is 0.902. The SMILES string of the molecule is O=C(O)[C@@]12CCC[C@H]1CN(CCc1ccccc1)C2. The molecule has 1 aliphatic carbocycles. The Morgan fingerprint density at radius 2 is 2.16 bits per heavy atom. The Kier molecular flexibility index (Phi) is 3.31. The first kappa shape index (κ1) is 12.7. The molecule has 19 heavy (non-hydrogen) atoms. The summed E-state index contributed by atoms with van der Waals surface area (Å²) in [6, 6.07) is 10.4. The van der Waals surface area contributed by atoms with Crippen LogP contribution in [0.4, 0.5) is 0 Å². The van der Waals surface area contributed by atoms with Gasteiger partial charge in [-0.15, -0.1) is 0 Å². The van der Waals surface area contributed by atoms with Crippen LogP contribution in [-0.4, -0.2) is 35.6 Å². The van der Waals surface area contributed by atoms with E-state index in [-0.39, 0.29) is 0 Å². The van der Waals surface area contributed by atoms with Crippen LogP contribution < -0.4 is 0 Å². The number of carbonyl (C=O) groups is 1. The lowest BCUT2D eigenvalue weighted by atomic mass is 9.81. The van der Waals surface area contributed by atoms with E-state index < -0.39 is 11.4 Å². The van der Waals surface area contributed by atoms with Gasteiger partial charge in [-0.1, -0.05) is 36.8 Å². The van der Waals surface area contributed by atoms with Crippen molar-refractivity contribution >= 4 is 5.97 Å². The second kappa shape index (κ2) is 4.97. The molecular weight excluding hydrogens is 238 g/mol. The van der Waals surface area contributed by atoms with Crippen molar-refractivity contribution in [1.29, 1.82) is 0 Å². The Morgan fingerprint density at radius 1 is 1.37 bits per heavy atom. The van der Waals surface area contributed by atoms with Crippen LogP contribution in [0.15, 0.2) is 30.3 Å². The van der Waals surface area contributed by atoms with E-state index in [2.05, 4.69) is 29.2 Å². The molecule has 3 nitrogen and oxygen atoms in total. The molecule has 3 heteroatoms. The van der Waals surface area contributed by atoms with Gasteiger partial charge in [-0.3, -0.25) is 4.79 Å². The highest BCUT2D eigenvalue weighted by Gasteiger charge is 2.54. The lowest BCUT2D eigenvalue weighted by Crippen LogP contribution is -2.36. The van der Waals surface area contributed by atoms with E-state index in [1.165, 1.54) is 5.56 Å². The summed E-state index contributed by atoms with van der Waals surface area (Å²) in [5, 5.41) is 9.55. The summed E-state index contributed by atoms with van der Waals surface area (Å²) in [7, 11) is 0. The summed E-state index contributed by atoms with van der Waals surface area (Å²) in [4.78, 5) is 14.0. The maximum absolute atomic E-state index is 11.6. The average molecular weight is 259 g/mol. The zero-order valence-electron chi connectivity index (χ0n) is 11.2. The summed E-state index contributed by atoms with van der Waals surface area (Å²) >= 11 is 0. The third kappa shape index (κ3) is 2.27. The molecule has 1 heterocycles. The Hall–Kier alpha value is -1.35. The van der Waals surface area contributed by atoms with E-state index in [9.17, 15) is 9.90 Å². The van der Waals surface area contributed by atoms with E-state index in [4.69, 9.17) is 0 Å². The Balaban J connectivity index is 1.62. The van der Waals surface area contributed by atoms with Gasteiger partial charge >= 0.3 is 5.97 Å². The van der Waals surface area contributed by atoms with Gasteiger partial charge in [-0.25, -0.2) is 0 Å². The number of hydrogen-bond acceptors (Lipinski definition) is 2. The molecule has 1 aromatic rings. The van der Waals surface area contributed by atoms with Crippen LogP contribution >= 0.6 is 0 Å². The Bertz CT molecular complexity index is 459. The van der Waals surface area contributed by atoms with Crippen molar-refractivity contribution in [2.45, 2.75) is 25.7 Å². The predicted octanol–water partition coefficient (Wildman–Crippen LogP) is 2.42. The van der Waals surface area contributed by atoms with Gasteiger partial charge in [0.2, 0.25) is 0 Å². The molecule has 102 valence electrons. The van der Waals surface area contributed by atoms with Crippen LogP contribution in [0.2, 0.25) is 0 Å². The maximum atomic E-state index is 11.6. The number of carboxylic acids is 1. The Morgan fingerprint density at radius 3 is 2.84 bits per heavy atom. The monoisotopic (exact) mass is 259 g/mol. The van der Waals surface area contributed by atoms with Crippen molar-refractivity contribution in [2.24, 2.45) is 11.3 Å². The van der Waals surface area contributed by atoms with Gasteiger partial charge in [0, 0.05) is 19.6 Å². The summed E-state index contributed by atoms with van der Waals surface area (Å²) in [5.74, 6) is -0.196. The maximum Gasteiger partial charge on any atom is 0.311 e. The van der Waals surface area contributed by atoms with Crippen LogP contribution in [0.5, 0.6) is 0 Å². The standard InChI is InChI=1S/C16H21NO2/c18-15(19)16-9-4-7-14(16)11-17(12-16)10-8-13-5-2-1-3-6-13/h1-3,5-6,14H,4,7-12H2,(H,18,19)/t14-,16+/m0/s1. The van der Waals surface area contributed by atoms with Gasteiger partial charge in [0.25, 0.3) is 0 Å². The molecular formula is C16H21NO2. The number of aliphatic carboxylic acids is 1. The van der Waals surface area contributed by atoms with Crippen molar-refractivity contribution < 1.29 is 9.90 Å². The molecule has 1 aromatic carbocycles. The van der Waals surface area contributed by atoms with Gasteiger partial charge < -0.3 is 10.0 Å². The molecule has 0 bridgehead atoms. The fourth-order valence-electron chi connectivity index (χ4n) is 3.85. The molecule has 2 fully saturated rings. The van der Waals surface area contributed by atoms with Crippen LogP contribution in [0.1, 0.15) is 24.8 Å². The molecule has 2 aliphatic rings. The van der Waals surface area contributed by atoms with E-state index in [0.29, 0.717) is 5.92 Å². The molecule has 3 rings (SSSR count). The van der Waals surface area contributed by atoms with Crippen molar-refractivity contribution in [3.8, 4) is 0 Å². The normalized spacial score (nSPS) is 30.4. The lowest BCUT2D eigenvalue weighted by molar-refractivity contribution is -0.149. The summed E-state index contributed by atoms with van der Waals surface area (Å²) in [6.45, 7) is 2.70. The predicted molar refractivity (Wildman–Crippen MR) is 74.0 cm³/mol. The number of carboxylic acid groups (broad SMARTS) is 1. The van der Waals surface area contributed by atoms with Gasteiger partial charge in [0.05, 0.1) is 5.41 Å². The van der Waals surface area contributed by atoms with Crippen molar-refractivity contribution in [3.05, 3.63) is 35.9 Å². The number of likely N-dealkylation sites (tertiary alicyclic amines) is 1. The first-order chi connectivity index (χ1) is 9.21. The van der Waals surface area contributed by atoms with Crippen molar-refractivity contribution in [1.82, 2.24) is 4.90 Å². The van der Waals surface area contributed by atoms with Gasteiger partial charge in [-0.05, 0) is 30.7 Å². The smallest absolute Gasteiger partial charge is 0.311 e. The molecule has 1 aliphatic heterocycles. The third-order valence-electron chi connectivity index (χ3n) is 4.93. The zero-order chi connectivity index (χ0) is 13.3. The second-order valence-corrected chi connectivity index (χ2v) is 6.02. The van der Waals surface area contributed by atoms with Gasteiger partial charge in [0.15, 0.2) is 0 Å². The molecule has 1 saturated heterocycles. The average Bonchev–Trinajstić information content (AvgIpc) is 2.95. The molecule has 2 atom stereocenters. The zero-order valence-corrected chi connectivity index (χ0v) is 11.2. The lowest BCUT2D eigenvalue weighted by Gasteiger charge is -2.23. The second-order valence-electron chi connectivity index (χ2n) is 6.02. The minimum atomic E-state index is -0.572. The van der Waals surface area contributed by atoms with Crippen molar-refractivity contribution in [3.63, 3.8) is 0 Å². The van der Waals surface area contributed by atoms with Crippen molar-refractivity contribution in [2.75, 3.05) is 19.6 Å². The molecule has 1 saturated carbocycles. The highest BCUT2D eigenvalue weighted by molar-refractivity contribution is 5.76. The molecule has 0 amide bonds. The first-order valence-corrected chi connectivity index (χ1v) is 7.20. The Labute approximate surface area is 114 Å². The van der Waals surface area contributed by atoms with Gasteiger partial charge in [0.1, 0.15) is 0 Å². The van der Waals surface area contributed by atoms with Gasteiger partial charge in [-0.2, -0.15) is 0 Å². The first-order valence-electron chi connectivity index (χ1n) is 7.20. The van der Waals surface area contributed by atoms with E-state index in [1.54, 1.807) is 0 Å². The molecule has 1 N–H and O–H groups in total. The highest BCUT2D eigenvalue weighted by atomic mass is 16.4. The van der Waals surface area contributed by atoms with Crippen LogP contribution in [-0.2, 0) is 11.2 Å². The highest BCUT2D eigenvalue weighted by Crippen LogP contribution is 2.48. The number of fused-ring (bicyclic) bond motifs is 1. The molecule has 0 spiro atoms. The molecule has 0 radical (unpaired) electrons. The number of rotatable bonds is 4. The number of hydrogen-bond donors (Lipinski definition) is 1. The van der Waals surface area contributed by atoms with Crippen LogP contribution in [0.25, 0.3) is 0 Å². The van der Waals surface area contributed by atoms with E-state index >= 15 is 0 Å². The van der Waals surface area contributed by atoms with Crippen LogP contribution in [0, 0.1) is 11.3 Å². The third-order valence-corrected chi connectivity index (χ3v) is 4.93. The minimum Gasteiger partial charge on any atom is -0.481 e. The molecule has 0 aromatic heterocycles.